The van der Waals surface area contributed by atoms with Gasteiger partial charge in [0.25, 0.3) is 5.91 Å². The number of hydrogen-bond acceptors (Lipinski definition) is 5. The van der Waals surface area contributed by atoms with Gasteiger partial charge in [0.2, 0.25) is 0 Å². The SMILES string of the molecule is CCN(CC)CCCNC(=O)c1cc(N2CCOCC2)nc2ccccc12. The monoisotopic (exact) mass is 370 g/mol. The predicted molar refractivity (Wildman–Crippen MR) is 110 cm³/mol. The van der Waals surface area contributed by atoms with E-state index in [9.17, 15) is 4.79 Å². The molecule has 0 radical (unpaired) electrons. The zero-order chi connectivity index (χ0) is 19.1. The van der Waals surface area contributed by atoms with E-state index in [1.807, 2.05) is 30.3 Å². The Morgan fingerprint density at radius 1 is 1.22 bits per heavy atom. The summed E-state index contributed by atoms with van der Waals surface area (Å²) < 4.78 is 5.44. The van der Waals surface area contributed by atoms with Crippen molar-refractivity contribution in [1.29, 1.82) is 0 Å². The summed E-state index contributed by atoms with van der Waals surface area (Å²) in [6.07, 6.45) is 0.951. The van der Waals surface area contributed by atoms with Gasteiger partial charge in [-0.25, -0.2) is 4.98 Å². The third-order valence-electron chi connectivity index (χ3n) is 5.11. The number of amides is 1. The first kappa shape index (κ1) is 19.6. The van der Waals surface area contributed by atoms with Crippen molar-refractivity contribution in [3.63, 3.8) is 0 Å². The summed E-state index contributed by atoms with van der Waals surface area (Å²) in [5, 5.41) is 3.99. The summed E-state index contributed by atoms with van der Waals surface area (Å²) in [6, 6.07) is 9.78. The molecule has 146 valence electrons. The van der Waals surface area contributed by atoms with Gasteiger partial charge in [0, 0.05) is 25.0 Å². The van der Waals surface area contributed by atoms with Crippen LogP contribution in [0, 0.1) is 0 Å². The normalized spacial score (nSPS) is 14.7. The number of ether oxygens (including phenoxy) is 1. The maximum Gasteiger partial charge on any atom is 0.252 e. The molecular weight excluding hydrogens is 340 g/mol. The number of anilines is 1. The van der Waals surface area contributed by atoms with Crippen molar-refractivity contribution in [2.75, 3.05) is 57.4 Å². The zero-order valence-corrected chi connectivity index (χ0v) is 16.4. The predicted octanol–water partition coefficient (Wildman–Crippen LogP) is 2.53. The number of carbonyl (C=O) groups is 1. The van der Waals surface area contributed by atoms with Crippen LogP contribution in [0.5, 0.6) is 0 Å². The smallest absolute Gasteiger partial charge is 0.252 e. The molecule has 1 N–H and O–H groups in total. The maximum absolute atomic E-state index is 12.9. The standard InChI is InChI=1S/C21H30N4O2/c1-3-24(4-2)11-7-10-22-21(26)18-16-20(25-12-14-27-15-13-25)23-19-9-6-5-8-17(18)19/h5-6,8-9,16H,3-4,7,10-15H2,1-2H3,(H,22,26). The van der Waals surface area contributed by atoms with Gasteiger partial charge in [-0.1, -0.05) is 32.0 Å². The van der Waals surface area contributed by atoms with Crippen LogP contribution >= 0.6 is 0 Å². The van der Waals surface area contributed by atoms with Crippen molar-refractivity contribution in [3.8, 4) is 0 Å². The molecule has 6 heteroatoms. The second-order valence-corrected chi connectivity index (χ2v) is 6.78. The molecule has 1 saturated heterocycles. The molecule has 0 saturated carbocycles. The number of carbonyl (C=O) groups excluding carboxylic acids is 1. The van der Waals surface area contributed by atoms with Crippen molar-refractivity contribution < 1.29 is 9.53 Å². The van der Waals surface area contributed by atoms with Crippen LogP contribution in [0.25, 0.3) is 10.9 Å². The van der Waals surface area contributed by atoms with Gasteiger partial charge in [-0.15, -0.1) is 0 Å². The molecule has 0 spiro atoms. The number of aromatic nitrogens is 1. The van der Waals surface area contributed by atoms with Gasteiger partial charge < -0.3 is 19.9 Å². The fraction of sp³-hybridized carbons (Fsp3) is 0.524. The van der Waals surface area contributed by atoms with E-state index in [1.54, 1.807) is 0 Å². The fourth-order valence-corrected chi connectivity index (χ4v) is 3.44. The van der Waals surface area contributed by atoms with Crippen molar-refractivity contribution >= 4 is 22.6 Å². The van der Waals surface area contributed by atoms with Gasteiger partial charge in [-0.2, -0.15) is 0 Å². The quantitative estimate of drug-likeness (QED) is 0.724. The van der Waals surface area contributed by atoms with Crippen LogP contribution in [0.2, 0.25) is 0 Å². The number of rotatable bonds is 8. The molecule has 3 rings (SSSR count). The number of para-hydroxylation sites is 1. The summed E-state index contributed by atoms with van der Waals surface area (Å²) in [5.74, 6) is 0.827. The van der Waals surface area contributed by atoms with E-state index in [2.05, 4.69) is 29.0 Å². The molecule has 6 nitrogen and oxygen atoms in total. The van der Waals surface area contributed by atoms with E-state index in [0.29, 0.717) is 25.3 Å². The topological polar surface area (TPSA) is 57.7 Å². The first-order valence-corrected chi connectivity index (χ1v) is 9.96. The molecular formula is C21H30N4O2. The Morgan fingerprint density at radius 3 is 2.70 bits per heavy atom. The zero-order valence-electron chi connectivity index (χ0n) is 16.4. The molecule has 2 aromatic rings. The van der Waals surface area contributed by atoms with E-state index >= 15 is 0 Å². The number of nitrogens with zero attached hydrogens (tertiary/aromatic N) is 3. The van der Waals surface area contributed by atoms with Crippen LogP contribution in [0.4, 0.5) is 5.82 Å². The molecule has 0 atom stereocenters. The second-order valence-electron chi connectivity index (χ2n) is 6.78. The third-order valence-corrected chi connectivity index (χ3v) is 5.11. The molecule has 1 aromatic heterocycles. The van der Waals surface area contributed by atoms with Gasteiger partial charge in [0.15, 0.2) is 0 Å². The summed E-state index contributed by atoms with van der Waals surface area (Å²) >= 11 is 0. The van der Waals surface area contributed by atoms with Crippen molar-refractivity contribution in [2.45, 2.75) is 20.3 Å². The van der Waals surface area contributed by atoms with Gasteiger partial charge in [0.1, 0.15) is 5.82 Å². The van der Waals surface area contributed by atoms with E-state index < -0.39 is 0 Å². The highest BCUT2D eigenvalue weighted by Gasteiger charge is 2.18. The highest BCUT2D eigenvalue weighted by molar-refractivity contribution is 6.07. The molecule has 0 unspecified atom stereocenters. The van der Waals surface area contributed by atoms with Gasteiger partial charge in [-0.3, -0.25) is 4.79 Å². The summed E-state index contributed by atoms with van der Waals surface area (Å²) in [5.41, 5.74) is 1.56. The lowest BCUT2D eigenvalue weighted by molar-refractivity contribution is 0.0953. The Labute approximate surface area is 161 Å². The fourth-order valence-electron chi connectivity index (χ4n) is 3.44. The largest absolute Gasteiger partial charge is 0.378 e. The highest BCUT2D eigenvalue weighted by Crippen LogP contribution is 2.23. The number of hydrogen-bond donors (Lipinski definition) is 1. The summed E-state index contributed by atoms with van der Waals surface area (Å²) in [7, 11) is 0. The number of pyridine rings is 1. The molecule has 27 heavy (non-hydrogen) atoms. The molecule has 1 fully saturated rings. The maximum atomic E-state index is 12.9. The van der Waals surface area contributed by atoms with Crippen LogP contribution in [-0.2, 0) is 4.74 Å². The average Bonchev–Trinajstić information content (AvgIpc) is 2.73. The minimum atomic E-state index is -0.0253. The van der Waals surface area contributed by atoms with Crippen LogP contribution < -0.4 is 10.2 Å². The molecule has 1 amide bonds. The lowest BCUT2D eigenvalue weighted by Gasteiger charge is -2.28. The van der Waals surface area contributed by atoms with Crippen LogP contribution in [0.1, 0.15) is 30.6 Å². The Bertz CT molecular complexity index is 755. The minimum absolute atomic E-state index is 0.0253. The van der Waals surface area contributed by atoms with Gasteiger partial charge >= 0.3 is 0 Å². The molecule has 1 aliphatic rings. The van der Waals surface area contributed by atoms with Gasteiger partial charge in [0.05, 0.1) is 24.3 Å². The Kier molecular flexibility index (Phi) is 7.01. The van der Waals surface area contributed by atoms with E-state index in [4.69, 9.17) is 9.72 Å². The molecule has 0 bridgehead atoms. The van der Waals surface area contributed by atoms with Crippen molar-refractivity contribution in [2.24, 2.45) is 0 Å². The van der Waals surface area contributed by atoms with Crippen molar-refractivity contribution in [1.82, 2.24) is 15.2 Å². The van der Waals surface area contributed by atoms with Crippen molar-refractivity contribution in [3.05, 3.63) is 35.9 Å². The summed E-state index contributed by atoms with van der Waals surface area (Å²) in [4.78, 5) is 22.2. The average molecular weight is 370 g/mol. The molecule has 0 aliphatic carbocycles. The van der Waals surface area contributed by atoms with Crippen LogP contribution in [0.15, 0.2) is 30.3 Å². The third kappa shape index (κ3) is 4.96. The number of benzene rings is 1. The molecule has 1 aromatic carbocycles. The van der Waals surface area contributed by atoms with E-state index in [-0.39, 0.29) is 5.91 Å². The molecule has 1 aliphatic heterocycles. The Balaban J connectivity index is 1.74. The Hall–Kier alpha value is -2.18. The Morgan fingerprint density at radius 2 is 1.96 bits per heavy atom. The highest BCUT2D eigenvalue weighted by atomic mass is 16.5. The minimum Gasteiger partial charge on any atom is -0.378 e. The lowest BCUT2D eigenvalue weighted by atomic mass is 10.1. The lowest BCUT2D eigenvalue weighted by Crippen LogP contribution is -2.37. The number of morpholine rings is 1. The first-order valence-electron chi connectivity index (χ1n) is 9.96. The van der Waals surface area contributed by atoms with E-state index in [1.165, 1.54) is 0 Å². The molecule has 2 heterocycles. The van der Waals surface area contributed by atoms with Crippen LogP contribution in [-0.4, -0.2) is 68.3 Å². The second kappa shape index (κ2) is 9.67. The van der Waals surface area contributed by atoms with Gasteiger partial charge in [-0.05, 0) is 38.2 Å². The van der Waals surface area contributed by atoms with E-state index in [0.717, 1.165) is 55.9 Å². The number of fused-ring (bicyclic) bond motifs is 1. The first-order chi connectivity index (χ1) is 13.2. The van der Waals surface area contributed by atoms with Crippen LogP contribution in [0.3, 0.4) is 0 Å². The number of nitrogens with one attached hydrogen (secondary N) is 1. The summed E-state index contributed by atoms with van der Waals surface area (Å²) in [6.45, 7) is 11.1.